The van der Waals surface area contributed by atoms with Gasteiger partial charge in [-0.25, -0.2) is 10.2 Å². The number of methoxy groups -OCH3 is 2. The average molecular weight is 486 g/mol. The van der Waals surface area contributed by atoms with Gasteiger partial charge >= 0.3 is 12.2 Å². The first-order chi connectivity index (χ1) is 16.7. The van der Waals surface area contributed by atoms with E-state index >= 15 is 0 Å². The molecule has 3 aromatic carbocycles. The van der Waals surface area contributed by atoms with E-state index in [2.05, 4.69) is 21.2 Å². The number of hydrogen-bond donors (Lipinski definition) is 3. The molecule has 0 radical (unpaired) electrons. The third kappa shape index (κ3) is 6.97. The van der Waals surface area contributed by atoms with Crippen molar-refractivity contribution in [3.8, 4) is 11.5 Å². The molecule has 0 fully saturated rings. The molecular weight excluding hydrogens is 465 g/mol. The summed E-state index contributed by atoms with van der Waals surface area (Å²) in [4.78, 5) is 24.4. The van der Waals surface area contributed by atoms with Crippen molar-refractivity contribution in [2.24, 2.45) is 5.10 Å². The van der Waals surface area contributed by atoms with Crippen molar-refractivity contribution in [2.45, 2.75) is 6.18 Å². The standard InChI is InChI=1S/C24H21F3N4O4/c1-34-20-11-6-15(12-21(20)35-2)14-28-31-22(32)16-7-9-18(10-8-16)29-23(33)30-19-5-3-4-17(13-19)24(25,26)27/h3-14H,1-2H3,(H,31,32)(H2,29,30,33). The smallest absolute Gasteiger partial charge is 0.416 e. The number of carbonyl (C=O) groups excluding carboxylic acids is 2. The second-order valence-corrected chi connectivity index (χ2v) is 7.05. The number of ether oxygens (including phenoxy) is 2. The fourth-order valence-corrected chi connectivity index (χ4v) is 2.93. The van der Waals surface area contributed by atoms with Gasteiger partial charge in [0.05, 0.1) is 26.0 Å². The van der Waals surface area contributed by atoms with Gasteiger partial charge in [-0.05, 0) is 66.2 Å². The van der Waals surface area contributed by atoms with Gasteiger partial charge in [0.25, 0.3) is 5.91 Å². The molecule has 3 amide bonds. The second-order valence-electron chi connectivity index (χ2n) is 7.05. The summed E-state index contributed by atoms with van der Waals surface area (Å²) in [6.45, 7) is 0. The van der Waals surface area contributed by atoms with Crippen LogP contribution in [-0.2, 0) is 6.18 Å². The van der Waals surface area contributed by atoms with Gasteiger partial charge in [-0.15, -0.1) is 0 Å². The zero-order valence-corrected chi connectivity index (χ0v) is 18.6. The van der Waals surface area contributed by atoms with Crippen molar-refractivity contribution < 1.29 is 32.2 Å². The monoisotopic (exact) mass is 486 g/mol. The zero-order chi connectivity index (χ0) is 25.4. The summed E-state index contributed by atoms with van der Waals surface area (Å²) in [7, 11) is 3.03. The Labute approximate surface area is 198 Å². The molecule has 0 aliphatic rings. The molecule has 3 rings (SSSR count). The Morgan fingerprint density at radius 3 is 2.20 bits per heavy atom. The van der Waals surface area contributed by atoms with E-state index in [1.165, 1.54) is 56.8 Å². The third-order valence-electron chi connectivity index (χ3n) is 4.64. The fraction of sp³-hybridized carbons (Fsp3) is 0.125. The molecule has 35 heavy (non-hydrogen) atoms. The number of halogens is 3. The first kappa shape index (κ1) is 25.1. The largest absolute Gasteiger partial charge is 0.493 e. The summed E-state index contributed by atoms with van der Waals surface area (Å²) in [5, 5.41) is 8.73. The van der Waals surface area contributed by atoms with Gasteiger partial charge in [-0.2, -0.15) is 18.3 Å². The van der Waals surface area contributed by atoms with Crippen molar-refractivity contribution in [3.05, 3.63) is 83.4 Å². The molecule has 0 unspecified atom stereocenters. The normalized spacial score (nSPS) is 11.1. The van der Waals surface area contributed by atoms with E-state index in [0.29, 0.717) is 22.7 Å². The summed E-state index contributed by atoms with van der Waals surface area (Å²) in [6.07, 6.45) is -3.08. The van der Waals surface area contributed by atoms with E-state index < -0.39 is 23.7 Å². The molecule has 0 aromatic heterocycles. The van der Waals surface area contributed by atoms with Crippen LogP contribution in [0, 0.1) is 0 Å². The topological polar surface area (TPSA) is 101 Å². The molecule has 0 atom stereocenters. The van der Waals surface area contributed by atoms with Crippen molar-refractivity contribution in [1.82, 2.24) is 5.43 Å². The lowest BCUT2D eigenvalue weighted by Crippen LogP contribution is -2.20. The van der Waals surface area contributed by atoms with Crippen molar-refractivity contribution in [2.75, 3.05) is 24.9 Å². The van der Waals surface area contributed by atoms with E-state index in [-0.39, 0.29) is 11.3 Å². The number of alkyl halides is 3. The Bertz CT molecular complexity index is 1230. The lowest BCUT2D eigenvalue weighted by molar-refractivity contribution is -0.137. The second kappa shape index (κ2) is 11.1. The summed E-state index contributed by atoms with van der Waals surface area (Å²) >= 11 is 0. The van der Waals surface area contributed by atoms with Crippen LogP contribution in [-0.4, -0.2) is 32.4 Å². The minimum Gasteiger partial charge on any atom is -0.493 e. The Kier molecular flexibility index (Phi) is 7.92. The van der Waals surface area contributed by atoms with Crippen LogP contribution in [0.25, 0.3) is 0 Å². The van der Waals surface area contributed by atoms with Crippen LogP contribution < -0.4 is 25.5 Å². The Balaban J connectivity index is 1.55. The maximum Gasteiger partial charge on any atom is 0.416 e. The van der Waals surface area contributed by atoms with Crippen LogP contribution in [0.2, 0.25) is 0 Å². The van der Waals surface area contributed by atoms with Gasteiger partial charge < -0.3 is 20.1 Å². The predicted octanol–water partition coefficient (Wildman–Crippen LogP) is 5.13. The molecule has 0 heterocycles. The van der Waals surface area contributed by atoms with Gasteiger partial charge in [0.15, 0.2) is 11.5 Å². The first-order valence-electron chi connectivity index (χ1n) is 10.1. The van der Waals surface area contributed by atoms with Crippen LogP contribution in [0.4, 0.5) is 29.3 Å². The van der Waals surface area contributed by atoms with Crippen molar-refractivity contribution in [3.63, 3.8) is 0 Å². The van der Waals surface area contributed by atoms with Crippen LogP contribution in [0.5, 0.6) is 11.5 Å². The maximum atomic E-state index is 12.8. The molecule has 0 spiro atoms. The minimum atomic E-state index is -4.52. The number of nitrogens with one attached hydrogen (secondary N) is 3. The molecular formula is C24H21F3N4O4. The maximum absolute atomic E-state index is 12.8. The number of hydrogen-bond acceptors (Lipinski definition) is 5. The summed E-state index contributed by atoms with van der Waals surface area (Å²) in [5.74, 6) is 0.593. The average Bonchev–Trinajstić information content (AvgIpc) is 2.83. The number of nitrogens with zero attached hydrogens (tertiary/aromatic N) is 1. The van der Waals surface area contributed by atoms with Gasteiger partial charge in [0, 0.05) is 16.9 Å². The highest BCUT2D eigenvalue weighted by atomic mass is 19.4. The quantitative estimate of drug-likeness (QED) is 0.318. The third-order valence-corrected chi connectivity index (χ3v) is 4.64. The molecule has 8 nitrogen and oxygen atoms in total. The Morgan fingerprint density at radius 2 is 1.54 bits per heavy atom. The summed E-state index contributed by atoms with van der Waals surface area (Å²) in [5.41, 5.74) is 2.79. The highest BCUT2D eigenvalue weighted by Crippen LogP contribution is 2.30. The minimum absolute atomic E-state index is 0.0133. The molecule has 0 aliphatic carbocycles. The van der Waals surface area contributed by atoms with Crippen LogP contribution in [0.15, 0.2) is 71.8 Å². The molecule has 0 bridgehead atoms. The number of hydrazone groups is 1. The number of benzene rings is 3. The van der Waals surface area contributed by atoms with Crippen molar-refractivity contribution >= 4 is 29.5 Å². The number of urea groups is 1. The van der Waals surface area contributed by atoms with Gasteiger partial charge in [0.2, 0.25) is 0 Å². The molecule has 0 aliphatic heterocycles. The first-order valence-corrected chi connectivity index (χ1v) is 10.1. The van der Waals surface area contributed by atoms with Crippen molar-refractivity contribution in [1.29, 1.82) is 0 Å². The molecule has 3 aromatic rings. The predicted molar refractivity (Wildman–Crippen MR) is 125 cm³/mol. The lowest BCUT2D eigenvalue weighted by atomic mass is 10.2. The van der Waals surface area contributed by atoms with E-state index in [9.17, 15) is 22.8 Å². The van der Waals surface area contributed by atoms with E-state index in [1.807, 2.05) is 0 Å². The molecule has 0 saturated carbocycles. The number of carbonyl (C=O) groups is 2. The lowest BCUT2D eigenvalue weighted by Gasteiger charge is -2.11. The van der Waals surface area contributed by atoms with Crippen LogP contribution >= 0.6 is 0 Å². The van der Waals surface area contributed by atoms with Gasteiger partial charge in [0.1, 0.15) is 0 Å². The zero-order valence-electron chi connectivity index (χ0n) is 18.6. The molecule has 182 valence electrons. The summed E-state index contributed by atoms with van der Waals surface area (Å²) in [6, 6.07) is 14.5. The molecule has 3 N–H and O–H groups in total. The number of amides is 3. The number of rotatable bonds is 7. The van der Waals surface area contributed by atoms with E-state index in [1.54, 1.807) is 18.2 Å². The highest BCUT2D eigenvalue weighted by molar-refractivity contribution is 6.00. The SMILES string of the molecule is COc1ccc(C=NNC(=O)c2ccc(NC(=O)Nc3cccc(C(F)(F)F)c3)cc2)cc1OC. The summed E-state index contributed by atoms with van der Waals surface area (Å²) < 4.78 is 48.8. The Morgan fingerprint density at radius 1 is 0.857 bits per heavy atom. The van der Waals surface area contributed by atoms with E-state index in [0.717, 1.165) is 12.1 Å². The van der Waals surface area contributed by atoms with Crippen LogP contribution in [0.3, 0.4) is 0 Å². The van der Waals surface area contributed by atoms with E-state index in [4.69, 9.17) is 9.47 Å². The Hall–Kier alpha value is -4.54. The van der Waals surface area contributed by atoms with Crippen LogP contribution in [0.1, 0.15) is 21.5 Å². The fourth-order valence-electron chi connectivity index (χ4n) is 2.93. The highest BCUT2D eigenvalue weighted by Gasteiger charge is 2.30. The molecule has 11 heteroatoms. The van der Waals surface area contributed by atoms with Gasteiger partial charge in [-0.3, -0.25) is 4.79 Å². The molecule has 0 saturated heterocycles. The number of anilines is 2. The van der Waals surface area contributed by atoms with Gasteiger partial charge in [-0.1, -0.05) is 6.07 Å².